The molecule has 9 heterocycles. The number of phosphoric acid groups is 2. The maximum atomic E-state index is 14.5. The summed E-state index contributed by atoms with van der Waals surface area (Å²) in [5.74, 6) is -3.35. The summed E-state index contributed by atoms with van der Waals surface area (Å²) >= 11 is -0.186. The number of nitrogen functional groups attached to an aromatic ring is 3. The highest BCUT2D eigenvalue weighted by atomic mass is 32.7. The maximum absolute atomic E-state index is 14.5. The van der Waals surface area contributed by atoms with Crippen molar-refractivity contribution in [1.29, 1.82) is 0 Å². The number of fused-ring (bicyclic) bond motifs is 3. The summed E-state index contributed by atoms with van der Waals surface area (Å²) in [4.78, 5) is 112. The Balaban J connectivity index is 0.897. The minimum absolute atomic E-state index is 0.0000231. The van der Waals surface area contributed by atoms with Crippen LogP contribution >= 0.6 is 41.4 Å². The third kappa shape index (κ3) is 11.7. The molecule has 0 saturated carbocycles. The van der Waals surface area contributed by atoms with Gasteiger partial charge >= 0.3 is 35.7 Å². The Labute approximate surface area is 444 Å². The second-order valence-electron chi connectivity index (χ2n) is 18.1. The minimum Gasteiger partial charge on any atom is -0.387 e. The van der Waals surface area contributed by atoms with E-state index in [1.165, 1.54) is 52.4 Å². The van der Waals surface area contributed by atoms with E-state index >= 15 is 0 Å². The number of imidazole rings is 3. The van der Waals surface area contributed by atoms with Crippen molar-refractivity contribution in [2.75, 3.05) is 57.4 Å². The molecule has 16 atom stereocenters. The van der Waals surface area contributed by atoms with Gasteiger partial charge in [0.2, 0.25) is 23.6 Å². The second kappa shape index (κ2) is 21.9. The van der Waals surface area contributed by atoms with Gasteiger partial charge < -0.3 is 80.5 Å². The molecule has 0 aromatic carbocycles. The summed E-state index contributed by atoms with van der Waals surface area (Å²) in [5.41, 5.74) is 13.8. The smallest absolute Gasteiger partial charge is 0.387 e. The number of aliphatic hydroxyl groups excluding tert-OH is 3. The first kappa shape index (κ1) is 58.4. The number of nitrogens with one attached hydrogen (secondary N) is 2. The van der Waals surface area contributed by atoms with E-state index in [9.17, 15) is 67.5 Å². The number of nitrogens with zero attached hydrogens (tertiary/aromatic N) is 11. The van der Waals surface area contributed by atoms with Crippen LogP contribution in [0.2, 0.25) is 0 Å². The monoisotopic (exact) mass is 1220 g/mol. The van der Waals surface area contributed by atoms with E-state index in [1.807, 2.05) is 0 Å². The van der Waals surface area contributed by atoms with Crippen molar-refractivity contribution in [3.05, 3.63) is 46.0 Å². The van der Waals surface area contributed by atoms with Gasteiger partial charge in [0.05, 0.1) is 45.1 Å². The van der Waals surface area contributed by atoms with Gasteiger partial charge in [-0.15, -0.1) is 0 Å². The lowest BCUT2D eigenvalue weighted by molar-refractivity contribution is -0.745. The molecule has 15 N–H and O–H groups in total. The van der Waals surface area contributed by atoms with E-state index in [4.69, 9.17) is 45.2 Å². The molecule has 79 heavy (non-hydrogen) atoms. The lowest BCUT2D eigenvalue weighted by Gasteiger charge is -2.28. The first-order valence-corrected chi connectivity index (χ1v) is 30.6. The number of methoxy groups -OCH3 is 1. The Kier molecular flexibility index (Phi) is 16.2. The van der Waals surface area contributed by atoms with Crippen LogP contribution in [-0.2, 0) is 66.7 Å². The number of phosphoric ester groups is 1. The van der Waals surface area contributed by atoms with Gasteiger partial charge in [0, 0.05) is 39.3 Å². The third-order valence-corrected chi connectivity index (χ3v) is 21.3. The number of aromatic amines is 2. The molecular weight excluding hydrogens is 1160 g/mol. The number of ether oxygens (including phenoxy) is 4. The van der Waals surface area contributed by atoms with Gasteiger partial charge in [-0.25, -0.2) is 38.2 Å². The predicted molar refractivity (Wildman–Crippen MR) is 265 cm³/mol. The fraction of sp³-hybridized carbons (Fsp3) is 0.556. The Morgan fingerprint density at radius 3 is 2.14 bits per heavy atom. The van der Waals surface area contributed by atoms with Crippen LogP contribution in [0.5, 0.6) is 0 Å². The quantitative estimate of drug-likeness (QED) is 0.0265. The Hall–Kier alpha value is -5.21. The zero-order valence-electron chi connectivity index (χ0n) is 41.2. The largest absolute Gasteiger partial charge is 0.488 e. The van der Waals surface area contributed by atoms with Gasteiger partial charge in [-0.05, 0) is 11.4 Å². The molecule has 9 rings (SSSR count). The number of aliphatic hydroxyl groups is 3. The van der Waals surface area contributed by atoms with Crippen LogP contribution < -0.4 is 32.9 Å². The van der Waals surface area contributed by atoms with Crippen molar-refractivity contribution in [2.45, 2.75) is 73.5 Å². The number of aromatic nitrogens is 12. The van der Waals surface area contributed by atoms with Crippen molar-refractivity contribution >= 4 is 98.5 Å². The number of aryl methyl sites for hydroxylation is 1. The number of nitrogens with two attached hydrogens (primary N) is 3. The van der Waals surface area contributed by atoms with Crippen LogP contribution in [0.25, 0.3) is 33.5 Å². The Morgan fingerprint density at radius 1 is 0.797 bits per heavy atom. The minimum atomic E-state index is -6.15. The number of H-pyrrole nitrogens is 2. The highest BCUT2D eigenvalue weighted by Gasteiger charge is 2.58. The van der Waals surface area contributed by atoms with E-state index in [-0.39, 0.29) is 62.6 Å². The molecule has 0 aliphatic carbocycles. The molecule has 0 bridgehead atoms. The van der Waals surface area contributed by atoms with E-state index in [0.29, 0.717) is 0 Å². The van der Waals surface area contributed by atoms with Gasteiger partial charge in [-0.2, -0.15) is 13.6 Å². The van der Waals surface area contributed by atoms with Crippen molar-refractivity contribution in [1.82, 2.24) is 58.5 Å². The Bertz CT molecular complexity index is 3640. The number of carbonyl (C=O) groups is 1. The molecule has 3 fully saturated rings. The van der Waals surface area contributed by atoms with Crippen LogP contribution in [-0.4, -0.2) is 188 Å². The molecule has 3 aliphatic heterocycles. The SMILES string of the molecule is CO[C@@H]1[C@H](P(=O)(O)OC[C@H]2O[C@@H](n3cnc4c(=O)[nH]c(N)nc43)[C@H](O)[C@@H]2O)[C@@H](CSP(=O)(O)OP(=O)(O)OP(=O)(O)OC[C@H]2O[C@@H]([n+]3cn(C)c4c(=O)[nH]c(N)nc43)[C@H](O)[C@@H]2CC(=O)N(C)C)O[C@H]1n1cnc2c(N)ncnc21. The van der Waals surface area contributed by atoms with Gasteiger partial charge in [0.1, 0.15) is 48.0 Å². The van der Waals surface area contributed by atoms with Crippen molar-refractivity contribution < 1.29 is 99.1 Å². The van der Waals surface area contributed by atoms with E-state index in [1.54, 1.807) is 0 Å². The second-order valence-corrected chi connectivity index (χ2v) is 27.3. The van der Waals surface area contributed by atoms with Gasteiger partial charge in [-0.1, -0.05) is 4.98 Å². The summed E-state index contributed by atoms with van der Waals surface area (Å²) in [7, 11) is -11.8. The molecule has 6 aromatic rings. The maximum Gasteiger partial charge on any atom is 0.488 e. The first-order chi connectivity index (χ1) is 37.0. The molecule has 43 heteroatoms. The molecule has 38 nitrogen and oxygen atoms in total. The molecule has 1 amide bonds. The zero-order chi connectivity index (χ0) is 57.4. The summed E-state index contributed by atoms with van der Waals surface area (Å²) in [6.07, 6.45) is -11.7. The van der Waals surface area contributed by atoms with E-state index in [0.717, 1.165) is 24.3 Å². The molecule has 432 valence electrons. The number of anilines is 3. The third-order valence-electron chi connectivity index (χ3n) is 12.8. The normalized spacial score (nSPS) is 29.5. The fourth-order valence-electron chi connectivity index (χ4n) is 9.21. The number of rotatable bonds is 20. The Morgan fingerprint density at radius 2 is 1.44 bits per heavy atom. The molecule has 4 unspecified atom stereocenters. The number of carbonyl (C=O) groups excluding carboxylic acids is 1. The first-order valence-electron chi connectivity index (χ1n) is 22.8. The number of hydrogen-bond donors (Lipinski definition) is 12. The summed E-state index contributed by atoms with van der Waals surface area (Å²) in [6.45, 7) is -7.58. The topological polar surface area (TPSA) is 544 Å². The van der Waals surface area contributed by atoms with E-state index < -0.39 is 145 Å². The van der Waals surface area contributed by atoms with Gasteiger partial charge in [0.25, 0.3) is 17.1 Å². The summed E-state index contributed by atoms with van der Waals surface area (Å²) in [6, 6.07) is 0. The van der Waals surface area contributed by atoms with Crippen LogP contribution in [0, 0.1) is 5.92 Å². The van der Waals surface area contributed by atoms with Gasteiger partial charge in [0.15, 0.2) is 41.4 Å². The average Bonchev–Trinajstić information content (AvgIpc) is 4.43. The predicted octanol–water partition coefficient (Wildman–Crippen LogP) is -3.19. The lowest BCUT2D eigenvalue weighted by Crippen LogP contribution is -2.45. The van der Waals surface area contributed by atoms with Gasteiger partial charge in [-0.3, -0.25) is 47.1 Å². The van der Waals surface area contributed by atoms with Crippen molar-refractivity contribution in [2.24, 2.45) is 13.0 Å². The average molecular weight is 1220 g/mol. The standard InChI is InChI=1S/C36H50N16O22P4S/c1-48(2)17(53)5-13-14(70-32(21(13)54)52-12-49(3)20-29(52)45-36(39)47-31(20)58)6-69-76(61,62)73-77(63,64)74-78(65,66)79-8-16-25(24(67-4)34(72-16)50-10-42-18-26(37)40-9-41-27(18)50)75(59,60)68-7-15-22(55)23(56)33(71-15)51-11-43-19-28(51)44-35(38)46-30(19)57/h9-16,21-25,32-34,54-56H,5-8H2,1-4H3,(H11-,37,38,39,40,41,44,45,46,47,57,58,59,60,61,62,63,64,65,66)/p+1/t13-,14-,15-,16-,21-,22-,23-,24-,25-,32-,33-,34-/m1/s1. The van der Waals surface area contributed by atoms with E-state index in [2.05, 4.69) is 48.5 Å². The fourth-order valence-corrected chi connectivity index (χ4v) is 17.1. The number of hydrogen-bond acceptors (Lipinski definition) is 28. The van der Waals surface area contributed by atoms with Crippen molar-refractivity contribution in [3.63, 3.8) is 0 Å². The van der Waals surface area contributed by atoms with Crippen molar-refractivity contribution in [3.8, 4) is 0 Å². The zero-order valence-corrected chi connectivity index (χ0v) is 45.6. The summed E-state index contributed by atoms with van der Waals surface area (Å²) in [5, 5.41) is 33.5. The molecule has 0 radical (unpaired) electrons. The lowest BCUT2D eigenvalue weighted by atomic mass is 9.94. The summed E-state index contributed by atoms with van der Waals surface area (Å²) < 4.78 is 102. The molecule has 3 saturated heterocycles. The molecule has 6 aromatic heterocycles. The van der Waals surface area contributed by atoms with Crippen LogP contribution in [0.4, 0.5) is 17.7 Å². The number of amides is 1. The molecular formula is C36H51N16O22P4S+. The van der Waals surface area contributed by atoms with Crippen LogP contribution in [0.3, 0.4) is 0 Å². The van der Waals surface area contributed by atoms with Crippen LogP contribution in [0.1, 0.15) is 25.1 Å². The molecule has 0 spiro atoms. The molecule has 3 aliphatic rings. The van der Waals surface area contributed by atoms with Crippen LogP contribution in [0.15, 0.2) is 34.9 Å². The highest BCUT2D eigenvalue weighted by Crippen LogP contribution is 2.72. The highest BCUT2D eigenvalue weighted by molar-refractivity contribution is 8.55.